The third kappa shape index (κ3) is 2.64. The third-order valence-electron chi connectivity index (χ3n) is 4.13. The molecule has 0 spiro atoms. The van der Waals surface area contributed by atoms with Gasteiger partial charge in [-0.3, -0.25) is 0 Å². The van der Waals surface area contributed by atoms with E-state index in [1.54, 1.807) is 19.6 Å². The molecule has 3 rings (SSSR count). The predicted molar refractivity (Wildman–Crippen MR) is 78.9 cm³/mol. The lowest BCUT2D eigenvalue weighted by atomic mass is 9.79. The molecule has 1 saturated heterocycles. The molecule has 0 atom stereocenters. The van der Waals surface area contributed by atoms with Gasteiger partial charge in [-0.05, 0) is 38.1 Å². The SMILES string of the molecule is COCC1(CNc2nccc3occc23)CCNCC1. The van der Waals surface area contributed by atoms with Crippen molar-refractivity contribution in [1.29, 1.82) is 0 Å². The summed E-state index contributed by atoms with van der Waals surface area (Å²) < 4.78 is 10.8. The zero-order chi connectivity index (χ0) is 13.8. The van der Waals surface area contributed by atoms with E-state index in [2.05, 4.69) is 15.6 Å². The van der Waals surface area contributed by atoms with Crippen molar-refractivity contribution < 1.29 is 9.15 Å². The van der Waals surface area contributed by atoms with Gasteiger partial charge in [-0.2, -0.15) is 0 Å². The first-order valence-electron chi connectivity index (χ1n) is 7.09. The van der Waals surface area contributed by atoms with Crippen molar-refractivity contribution in [2.24, 2.45) is 5.41 Å². The Labute approximate surface area is 118 Å². The monoisotopic (exact) mass is 275 g/mol. The molecule has 5 heteroatoms. The maximum atomic E-state index is 5.44. The number of ether oxygens (including phenoxy) is 1. The van der Waals surface area contributed by atoms with Crippen LogP contribution in [0.1, 0.15) is 12.8 Å². The van der Waals surface area contributed by atoms with E-state index in [1.807, 2.05) is 12.1 Å². The summed E-state index contributed by atoms with van der Waals surface area (Å²) >= 11 is 0. The van der Waals surface area contributed by atoms with Crippen LogP contribution in [0.4, 0.5) is 5.82 Å². The van der Waals surface area contributed by atoms with Crippen molar-refractivity contribution in [1.82, 2.24) is 10.3 Å². The largest absolute Gasteiger partial charge is 0.464 e. The van der Waals surface area contributed by atoms with E-state index in [4.69, 9.17) is 9.15 Å². The molecular formula is C15H21N3O2. The summed E-state index contributed by atoms with van der Waals surface area (Å²) in [5.74, 6) is 0.894. The fourth-order valence-corrected chi connectivity index (χ4v) is 2.94. The third-order valence-corrected chi connectivity index (χ3v) is 4.13. The van der Waals surface area contributed by atoms with Crippen LogP contribution < -0.4 is 10.6 Å². The van der Waals surface area contributed by atoms with Crippen molar-refractivity contribution >= 4 is 16.8 Å². The van der Waals surface area contributed by atoms with Gasteiger partial charge in [-0.25, -0.2) is 4.98 Å². The average molecular weight is 275 g/mol. The van der Waals surface area contributed by atoms with Crippen LogP contribution in [0.3, 0.4) is 0 Å². The summed E-state index contributed by atoms with van der Waals surface area (Å²) in [5.41, 5.74) is 1.06. The van der Waals surface area contributed by atoms with E-state index in [9.17, 15) is 0 Å². The van der Waals surface area contributed by atoms with Crippen LogP contribution >= 0.6 is 0 Å². The summed E-state index contributed by atoms with van der Waals surface area (Å²) in [7, 11) is 1.78. The van der Waals surface area contributed by atoms with Crippen molar-refractivity contribution in [2.45, 2.75) is 12.8 Å². The fourth-order valence-electron chi connectivity index (χ4n) is 2.94. The van der Waals surface area contributed by atoms with Gasteiger partial charge < -0.3 is 19.8 Å². The number of hydrogen-bond acceptors (Lipinski definition) is 5. The van der Waals surface area contributed by atoms with Gasteiger partial charge >= 0.3 is 0 Å². The normalized spacial score (nSPS) is 18.2. The number of anilines is 1. The lowest BCUT2D eigenvalue weighted by molar-refractivity contribution is 0.0635. The molecule has 5 nitrogen and oxygen atoms in total. The predicted octanol–water partition coefficient (Wildman–Crippen LogP) is 2.26. The molecule has 0 aliphatic carbocycles. The van der Waals surface area contributed by atoms with Gasteiger partial charge in [0.25, 0.3) is 0 Å². The maximum absolute atomic E-state index is 5.44. The van der Waals surface area contributed by atoms with Crippen LogP contribution in [0, 0.1) is 5.41 Å². The number of pyridine rings is 1. The average Bonchev–Trinajstić information content (AvgIpc) is 2.95. The Morgan fingerprint density at radius 2 is 2.25 bits per heavy atom. The number of rotatable bonds is 5. The van der Waals surface area contributed by atoms with Crippen LogP contribution in [0.5, 0.6) is 0 Å². The number of aromatic nitrogens is 1. The van der Waals surface area contributed by atoms with Crippen molar-refractivity contribution in [3.63, 3.8) is 0 Å². The molecule has 0 unspecified atom stereocenters. The minimum absolute atomic E-state index is 0.188. The molecule has 2 N–H and O–H groups in total. The Morgan fingerprint density at radius 1 is 1.40 bits per heavy atom. The molecule has 0 radical (unpaired) electrons. The summed E-state index contributed by atoms with van der Waals surface area (Å²) in [6, 6.07) is 3.84. The number of hydrogen-bond donors (Lipinski definition) is 2. The quantitative estimate of drug-likeness (QED) is 0.876. The molecule has 3 heterocycles. The Balaban J connectivity index is 1.75. The summed E-state index contributed by atoms with van der Waals surface area (Å²) in [6.45, 7) is 3.76. The lowest BCUT2D eigenvalue weighted by Crippen LogP contribution is -2.44. The van der Waals surface area contributed by atoms with Crippen molar-refractivity contribution in [3.8, 4) is 0 Å². The number of methoxy groups -OCH3 is 1. The van der Waals surface area contributed by atoms with Gasteiger partial charge in [0.1, 0.15) is 11.4 Å². The summed E-state index contributed by atoms with van der Waals surface area (Å²) in [6.07, 6.45) is 5.72. The molecule has 1 aliphatic rings. The molecule has 20 heavy (non-hydrogen) atoms. The minimum Gasteiger partial charge on any atom is -0.464 e. The Bertz CT molecular complexity index is 555. The molecular weight excluding hydrogens is 254 g/mol. The van der Waals surface area contributed by atoms with E-state index < -0.39 is 0 Å². The standard InChI is InChI=1S/C15H21N3O2/c1-19-11-15(4-7-16-8-5-15)10-18-14-12-3-9-20-13(12)2-6-17-14/h2-3,6,9,16H,4-5,7-8,10-11H2,1H3,(H,17,18). The molecule has 2 aromatic heterocycles. The molecule has 1 fully saturated rings. The molecule has 108 valence electrons. The van der Waals surface area contributed by atoms with Crippen LogP contribution in [0.25, 0.3) is 11.0 Å². The topological polar surface area (TPSA) is 59.3 Å². The molecule has 0 aromatic carbocycles. The van der Waals surface area contributed by atoms with Crippen LogP contribution in [-0.4, -0.2) is 38.3 Å². The van der Waals surface area contributed by atoms with Gasteiger partial charge in [0.15, 0.2) is 0 Å². The molecule has 0 saturated carbocycles. The van der Waals surface area contributed by atoms with E-state index in [1.165, 1.54) is 0 Å². The Hall–Kier alpha value is -1.59. The first-order valence-corrected chi connectivity index (χ1v) is 7.09. The first-order chi connectivity index (χ1) is 9.83. The summed E-state index contributed by atoms with van der Waals surface area (Å²) in [5, 5.41) is 7.93. The van der Waals surface area contributed by atoms with Gasteiger partial charge in [0.05, 0.1) is 18.3 Å². The highest BCUT2D eigenvalue weighted by molar-refractivity contribution is 5.87. The maximum Gasteiger partial charge on any atom is 0.139 e. The number of furan rings is 1. The minimum atomic E-state index is 0.188. The van der Waals surface area contributed by atoms with Crippen LogP contribution in [0.2, 0.25) is 0 Å². The number of fused-ring (bicyclic) bond motifs is 1. The highest BCUT2D eigenvalue weighted by Gasteiger charge is 2.32. The Kier molecular flexibility index (Phi) is 3.89. The first kappa shape index (κ1) is 13.4. The van der Waals surface area contributed by atoms with Gasteiger partial charge in [-0.1, -0.05) is 0 Å². The van der Waals surface area contributed by atoms with Crippen LogP contribution in [0.15, 0.2) is 29.0 Å². The molecule has 1 aliphatic heterocycles. The van der Waals surface area contributed by atoms with E-state index in [0.29, 0.717) is 0 Å². The second kappa shape index (κ2) is 5.81. The van der Waals surface area contributed by atoms with E-state index in [0.717, 1.165) is 55.9 Å². The smallest absolute Gasteiger partial charge is 0.139 e. The van der Waals surface area contributed by atoms with Gasteiger partial charge in [-0.15, -0.1) is 0 Å². The zero-order valence-corrected chi connectivity index (χ0v) is 11.8. The van der Waals surface area contributed by atoms with E-state index >= 15 is 0 Å². The highest BCUT2D eigenvalue weighted by Crippen LogP contribution is 2.30. The van der Waals surface area contributed by atoms with Gasteiger partial charge in [0, 0.05) is 25.3 Å². The second-order valence-electron chi connectivity index (χ2n) is 5.53. The van der Waals surface area contributed by atoms with Gasteiger partial charge in [0.2, 0.25) is 0 Å². The lowest BCUT2D eigenvalue weighted by Gasteiger charge is -2.37. The molecule has 2 aromatic rings. The summed E-state index contributed by atoms with van der Waals surface area (Å²) in [4.78, 5) is 4.43. The number of piperidine rings is 1. The number of nitrogens with zero attached hydrogens (tertiary/aromatic N) is 1. The van der Waals surface area contributed by atoms with Crippen LogP contribution in [-0.2, 0) is 4.74 Å². The molecule has 0 bridgehead atoms. The highest BCUT2D eigenvalue weighted by atomic mass is 16.5. The van der Waals surface area contributed by atoms with Crippen molar-refractivity contribution in [3.05, 3.63) is 24.6 Å². The Morgan fingerprint density at radius 3 is 3.05 bits per heavy atom. The fraction of sp³-hybridized carbons (Fsp3) is 0.533. The zero-order valence-electron chi connectivity index (χ0n) is 11.8. The van der Waals surface area contributed by atoms with E-state index in [-0.39, 0.29) is 5.41 Å². The second-order valence-corrected chi connectivity index (χ2v) is 5.53. The number of nitrogens with one attached hydrogen (secondary N) is 2. The molecule has 0 amide bonds. The van der Waals surface area contributed by atoms with Crippen molar-refractivity contribution in [2.75, 3.05) is 38.7 Å².